The summed E-state index contributed by atoms with van der Waals surface area (Å²) in [5, 5.41) is 0. The van der Waals surface area contributed by atoms with Crippen molar-refractivity contribution in [1.82, 2.24) is 0 Å². The Morgan fingerprint density at radius 1 is 0.350 bits per heavy atom. The summed E-state index contributed by atoms with van der Waals surface area (Å²) in [4.78, 5) is 26.6. The van der Waals surface area contributed by atoms with Gasteiger partial charge in [0.05, 0.1) is 49.3 Å². The Morgan fingerprint density at radius 2 is 0.562 bits per heavy atom. The first-order chi connectivity index (χ1) is 39.3. The fourth-order valence-electron chi connectivity index (χ4n) is 8.89. The van der Waals surface area contributed by atoms with Crippen molar-refractivity contribution in [2.75, 3.05) is 77.8 Å². The van der Waals surface area contributed by atoms with Crippen LogP contribution in [0.5, 0.6) is 34.5 Å². The lowest BCUT2D eigenvalue weighted by Crippen LogP contribution is -2.27. The molecule has 0 amide bonds. The number of alkyl halides is 2. The van der Waals surface area contributed by atoms with Crippen molar-refractivity contribution < 1.29 is 66.4 Å². The number of rotatable bonds is 30. The molecular weight excluding hydrogens is 1060 g/mol. The maximum atomic E-state index is 13.3. The molecule has 7 aromatic carbocycles. The summed E-state index contributed by atoms with van der Waals surface area (Å²) in [6.07, 6.45) is -0.869. The molecular formula is C64H60Cl2O14. The molecule has 0 bridgehead atoms. The average molecular weight is 1120 g/mol. The van der Waals surface area contributed by atoms with E-state index in [0.29, 0.717) is 37.9 Å². The Bertz CT molecular complexity index is 2760. The van der Waals surface area contributed by atoms with E-state index in [1.165, 1.54) is 24.3 Å². The lowest BCUT2D eigenvalue weighted by molar-refractivity contribution is 0.0225. The number of halogens is 2. The summed E-state index contributed by atoms with van der Waals surface area (Å²) in [7, 11) is 0. The minimum Gasteiger partial charge on any atom is -0.491 e. The lowest BCUT2D eigenvalue weighted by Gasteiger charge is -2.21. The van der Waals surface area contributed by atoms with Gasteiger partial charge in [-0.05, 0) is 130 Å². The minimum absolute atomic E-state index is 0.00660. The zero-order chi connectivity index (χ0) is 54.6. The molecule has 6 unspecified atom stereocenters. The van der Waals surface area contributed by atoms with E-state index in [1.54, 1.807) is 0 Å². The van der Waals surface area contributed by atoms with Crippen LogP contribution in [0, 0.1) is 0 Å². The molecule has 6 atom stereocenters. The summed E-state index contributed by atoms with van der Waals surface area (Å²) in [5.74, 6) is 2.82. The van der Waals surface area contributed by atoms with Gasteiger partial charge in [0.15, 0.2) is 0 Å². The number of esters is 2. The predicted molar refractivity (Wildman–Crippen MR) is 299 cm³/mol. The van der Waals surface area contributed by atoms with Crippen molar-refractivity contribution in [3.63, 3.8) is 0 Å². The topological polar surface area (TPSA) is 158 Å². The van der Waals surface area contributed by atoms with Crippen LogP contribution in [0.4, 0.5) is 0 Å². The third-order valence-electron chi connectivity index (χ3n) is 13.8. The summed E-state index contributed by atoms with van der Waals surface area (Å²) in [5.41, 5.74) is 6.84. The second-order valence-corrected chi connectivity index (χ2v) is 20.5. The molecule has 4 aliphatic heterocycles. The maximum Gasteiger partial charge on any atom is 0.338 e. The van der Waals surface area contributed by atoms with E-state index in [0.717, 1.165) is 82.8 Å². The van der Waals surface area contributed by atoms with Crippen LogP contribution in [0.25, 0.3) is 0 Å². The normalized spacial score (nSPS) is 19.0. The molecule has 0 radical (unpaired) electrons. The maximum absolute atomic E-state index is 13.3. The van der Waals surface area contributed by atoms with Crippen molar-refractivity contribution in [1.29, 1.82) is 0 Å². The molecule has 0 spiro atoms. The van der Waals surface area contributed by atoms with Crippen molar-refractivity contribution in [2.24, 2.45) is 0 Å². The van der Waals surface area contributed by atoms with E-state index >= 15 is 0 Å². The third-order valence-corrected chi connectivity index (χ3v) is 14.4. The molecule has 16 heteroatoms. The van der Waals surface area contributed by atoms with Gasteiger partial charge in [-0.25, -0.2) is 9.59 Å². The van der Waals surface area contributed by atoms with E-state index in [-0.39, 0.29) is 72.4 Å². The van der Waals surface area contributed by atoms with Gasteiger partial charge in [-0.1, -0.05) is 72.8 Å². The quantitative estimate of drug-likeness (QED) is 0.0181. The van der Waals surface area contributed by atoms with Gasteiger partial charge in [0.2, 0.25) is 0 Å². The molecule has 0 saturated carbocycles. The van der Waals surface area contributed by atoms with Gasteiger partial charge >= 0.3 is 11.9 Å². The monoisotopic (exact) mass is 1120 g/mol. The van der Waals surface area contributed by atoms with E-state index in [2.05, 4.69) is 48.5 Å². The molecule has 7 aromatic rings. The molecule has 80 heavy (non-hydrogen) atoms. The summed E-state index contributed by atoms with van der Waals surface area (Å²) in [6, 6.07) is 54.0. The number of ether oxygens (including phenoxy) is 12. The van der Waals surface area contributed by atoms with Gasteiger partial charge in [0, 0.05) is 11.8 Å². The number of epoxide rings is 4. The summed E-state index contributed by atoms with van der Waals surface area (Å²) >= 11 is 12.6. The molecule has 0 aromatic heterocycles. The Balaban J connectivity index is 0.662. The van der Waals surface area contributed by atoms with Gasteiger partial charge in [0.1, 0.15) is 111 Å². The van der Waals surface area contributed by atoms with Crippen molar-refractivity contribution >= 4 is 35.1 Å². The predicted octanol–water partition coefficient (Wildman–Crippen LogP) is 10.8. The Kier molecular flexibility index (Phi) is 18.0. The van der Waals surface area contributed by atoms with Crippen LogP contribution in [-0.2, 0) is 28.4 Å². The van der Waals surface area contributed by atoms with Gasteiger partial charge in [-0.3, -0.25) is 0 Å². The molecule has 4 saturated heterocycles. The fraction of sp³-hybridized carbons (Fsp3) is 0.312. The van der Waals surface area contributed by atoms with E-state index in [9.17, 15) is 9.59 Å². The van der Waals surface area contributed by atoms with Crippen LogP contribution in [0.1, 0.15) is 65.9 Å². The molecule has 11 rings (SSSR count). The molecule has 4 aliphatic rings. The first kappa shape index (κ1) is 54.6. The Morgan fingerprint density at radius 3 is 0.762 bits per heavy atom. The highest BCUT2D eigenvalue weighted by molar-refractivity contribution is 6.18. The molecule has 14 nitrogen and oxygen atoms in total. The lowest BCUT2D eigenvalue weighted by atomic mass is 9.85. The smallest absolute Gasteiger partial charge is 0.338 e. The first-order valence-corrected chi connectivity index (χ1v) is 27.8. The highest BCUT2D eigenvalue weighted by Gasteiger charge is 2.27. The highest BCUT2D eigenvalue weighted by Crippen LogP contribution is 2.37. The van der Waals surface area contributed by atoms with Gasteiger partial charge in [-0.15, -0.1) is 23.2 Å². The number of hydrogen-bond donors (Lipinski definition) is 0. The van der Waals surface area contributed by atoms with E-state index in [4.69, 9.17) is 80.0 Å². The van der Waals surface area contributed by atoms with Gasteiger partial charge in [0.25, 0.3) is 0 Å². The van der Waals surface area contributed by atoms with E-state index < -0.39 is 24.1 Å². The fourth-order valence-corrected chi connectivity index (χ4v) is 9.19. The number of hydrogen-bond acceptors (Lipinski definition) is 14. The zero-order valence-corrected chi connectivity index (χ0v) is 45.3. The molecule has 4 heterocycles. The molecule has 414 valence electrons. The van der Waals surface area contributed by atoms with Crippen molar-refractivity contribution in [2.45, 2.75) is 48.5 Å². The standard InChI is InChI=1S/C64H60Cl2O14/c65-29-55(31-69-49-17-5-41(6-18-49)61(43-9-21-51(22-10-43)71-33-57-37-75-57)44-11-23-52(24-12-44)72-34-58-38-76-58)79-63(67)47-1-2-48(4-3-47)64(68)80-56(30-66)32-70-50-19-7-42(8-20-50)62(45-13-25-53(26-14-45)73-35-59-39-77-59)46-15-27-54(28-16-46)74-36-60-40-78-60/h1-28,55-62H,29-40H2. The number of carbonyl (C=O) groups is 2. The van der Waals surface area contributed by atoms with Crippen LogP contribution in [0.15, 0.2) is 170 Å². The minimum atomic E-state index is -0.765. The van der Waals surface area contributed by atoms with Crippen LogP contribution in [0.3, 0.4) is 0 Å². The summed E-state index contributed by atoms with van der Waals surface area (Å²) < 4.78 is 68.5. The Labute approximate surface area is 474 Å². The van der Waals surface area contributed by atoms with Crippen molar-refractivity contribution in [3.8, 4) is 34.5 Å². The van der Waals surface area contributed by atoms with Gasteiger partial charge < -0.3 is 56.8 Å². The highest BCUT2D eigenvalue weighted by atomic mass is 35.5. The largest absolute Gasteiger partial charge is 0.491 e. The second-order valence-electron chi connectivity index (χ2n) is 19.9. The number of benzene rings is 7. The van der Waals surface area contributed by atoms with Crippen LogP contribution in [-0.4, -0.2) is 126 Å². The SMILES string of the molecule is O=C(OC(CCl)COc1ccc(C(c2ccc(OCC3CO3)cc2)c2ccc(OCC3CO3)cc2)cc1)c1ccc(C(=O)OC(CCl)COc2ccc(C(c3ccc(OCC4CO4)cc3)c3ccc(OCC4CO4)cc3)cc2)cc1. The Hall–Kier alpha value is -7.30. The van der Waals surface area contributed by atoms with Gasteiger partial charge in [-0.2, -0.15) is 0 Å². The van der Waals surface area contributed by atoms with Crippen LogP contribution < -0.4 is 28.4 Å². The average Bonchev–Trinajstić information content (AvgIpc) is 4.25. The molecule has 0 aliphatic carbocycles. The number of carbonyl (C=O) groups excluding carboxylic acids is 2. The van der Waals surface area contributed by atoms with Crippen LogP contribution in [0.2, 0.25) is 0 Å². The molecule has 0 N–H and O–H groups in total. The van der Waals surface area contributed by atoms with Crippen LogP contribution >= 0.6 is 23.2 Å². The summed E-state index contributed by atoms with van der Waals surface area (Å²) in [6.45, 7) is 5.07. The first-order valence-electron chi connectivity index (χ1n) is 26.8. The third kappa shape index (κ3) is 15.5. The second kappa shape index (κ2) is 26.3. The van der Waals surface area contributed by atoms with Crippen molar-refractivity contribution in [3.05, 3.63) is 214 Å². The van der Waals surface area contributed by atoms with E-state index in [1.807, 2.05) is 97.1 Å². The molecule has 4 fully saturated rings. The zero-order valence-electron chi connectivity index (χ0n) is 43.7.